The summed E-state index contributed by atoms with van der Waals surface area (Å²) in [4.78, 5) is 5.48. The van der Waals surface area contributed by atoms with Gasteiger partial charge in [0.2, 0.25) is 5.05 Å². The van der Waals surface area contributed by atoms with Crippen LogP contribution in [0.1, 0.15) is 25.2 Å². The van der Waals surface area contributed by atoms with Crippen molar-refractivity contribution in [3.8, 4) is 0 Å². The molecule has 2 rings (SSSR count). The number of aromatic nitrogens is 2. The number of hydrogen-bond acceptors (Lipinski definition) is 4. The molecule has 5 heteroatoms. The Bertz CT molecular complexity index is 487. The van der Waals surface area contributed by atoms with E-state index in [1.165, 1.54) is 0 Å². The molecule has 0 fully saturated rings. The van der Waals surface area contributed by atoms with Gasteiger partial charge in [-0.3, -0.25) is 4.40 Å². The van der Waals surface area contributed by atoms with E-state index in [0.29, 0.717) is 11.7 Å². The number of imidazole rings is 1. The van der Waals surface area contributed by atoms with Crippen LogP contribution in [0.25, 0.3) is 4.96 Å². The SMILES string of the molecule is CCOC(=S)c1c(CC)nc2sccn12. The van der Waals surface area contributed by atoms with Gasteiger partial charge in [-0.2, -0.15) is 0 Å². The number of thiocarbonyl (C=S) groups is 1. The van der Waals surface area contributed by atoms with Crippen molar-refractivity contribution in [2.45, 2.75) is 20.3 Å². The number of thiazole rings is 1. The Hall–Kier alpha value is -0.940. The van der Waals surface area contributed by atoms with Gasteiger partial charge in [0.25, 0.3) is 0 Å². The van der Waals surface area contributed by atoms with Crippen molar-refractivity contribution >= 4 is 33.6 Å². The van der Waals surface area contributed by atoms with Gasteiger partial charge in [-0.25, -0.2) is 4.98 Å². The summed E-state index contributed by atoms with van der Waals surface area (Å²) in [6.45, 7) is 4.60. The van der Waals surface area contributed by atoms with Crippen molar-refractivity contribution in [3.05, 3.63) is 23.0 Å². The third-order valence-electron chi connectivity index (χ3n) is 2.14. The molecule has 15 heavy (non-hydrogen) atoms. The van der Waals surface area contributed by atoms with Crippen LogP contribution < -0.4 is 0 Å². The molecule has 0 saturated heterocycles. The van der Waals surface area contributed by atoms with Crippen LogP contribution in [-0.2, 0) is 11.2 Å². The second-order valence-corrected chi connectivity index (χ2v) is 4.28. The van der Waals surface area contributed by atoms with Gasteiger partial charge in [-0.05, 0) is 25.6 Å². The number of nitrogens with zero attached hydrogens (tertiary/aromatic N) is 2. The topological polar surface area (TPSA) is 26.5 Å². The van der Waals surface area contributed by atoms with E-state index < -0.39 is 0 Å². The summed E-state index contributed by atoms with van der Waals surface area (Å²) in [5.74, 6) is 0. The Balaban J connectivity index is 2.53. The summed E-state index contributed by atoms with van der Waals surface area (Å²) in [7, 11) is 0. The lowest BCUT2D eigenvalue weighted by atomic mass is 10.3. The molecule has 80 valence electrons. The molecule has 0 radical (unpaired) electrons. The highest BCUT2D eigenvalue weighted by molar-refractivity contribution is 7.80. The molecule has 0 N–H and O–H groups in total. The van der Waals surface area contributed by atoms with Crippen molar-refractivity contribution in [2.75, 3.05) is 6.61 Å². The zero-order chi connectivity index (χ0) is 10.8. The lowest BCUT2D eigenvalue weighted by Crippen LogP contribution is -2.08. The van der Waals surface area contributed by atoms with Crippen molar-refractivity contribution in [1.82, 2.24) is 9.38 Å². The van der Waals surface area contributed by atoms with Crippen LogP contribution in [0.3, 0.4) is 0 Å². The maximum atomic E-state index is 5.38. The van der Waals surface area contributed by atoms with Gasteiger partial charge in [0, 0.05) is 11.6 Å². The molecule has 2 aromatic rings. The van der Waals surface area contributed by atoms with E-state index in [-0.39, 0.29) is 0 Å². The molecule has 0 aliphatic heterocycles. The Morgan fingerprint density at radius 1 is 1.60 bits per heavy atom. The first-order valence-corrected chi connectivity index (χ1v) is 6.18. The summed E-state index contributed by atoms with van der Waals surface area (Å²) < 4.78 is 7.38. The van der Waals surface area contributed by atoms with Crippen LogP contribution in [0.4, 0.5) is 0 Å². The van der Waals surface area contributed by atoms with E-state index >= 15 is 0 Å². The Labute approximate surface area is 97.7 Å². The van der Waals surface area contributed by atoms with Crippen molar-refractivity contribution in [2.24, 2.45) is 0 Å². The summed E-state index contributed by atoms with van der Waals surface area (Å²) >= 11 is 6.85. The van der Waals surface area contributed by atoms with Crippen molar-refractivity contribution in [1.29, 1.82) is 0 Å². The highest BCUT2D eigenvalue weighted by Crippen LogP contribution is 2.19. The summed E-state index contributed by atoms with van der Waals surface area (Å²) in [5, 5.41) is 2.54. The van der Waals surface area contributed by atoms with Gasteiger partial charge in [0.05, 0.1) is 12.3 Å². The molecular weight excluding hydrogens is 228 g/mol. The van der Waals surface area contributed by atoms with E-state index in [9.17, 15) is 0 Å². The fraction of sp³-hybridized carbons (Fsp3) is 0.400. The molecule has 0 amide bonds. The zero-order valence-electron chi connectivity index (χ0n) is 8.69. The lowest BCUT2D eigenvalue weighted by molar-refractivity contribution is 0.336. The fourth-order valence-electron chi connectivity index (χ4n) is 1.49. The normalized spacial score (nSPS) is 10.8. The predicted octanol–water partition coefficient (Wildman–Crippen LogP) is 2.67. The van der Waals surface area contributed by atoms with Gasteiger partial charge >= 0.3 is 0 Å². The number of rotatable bonds is 3. The van der Waals surface area contributed by atoms with Crippen LogP contribution in [0.5, 0.6) is 0 Å². The summed E-state index contributed by atoms with van der Waals surface area (Å²) in [5.41, 5.74) is 1.95. The van der Waals surface area contributed by atoms with Crippen LogP contribution in [-0.4, -0.2) is 21.0 Å². The summed E-state index contributed by atoms with van der Waals surface area (Å²) in [6.07, 6.45) is 2.85. The van der Waals surface area contributed by atoms with Gasteiger partial charge in [-0.1, -0.05) is 6.92 Å². The first-order valence-electron chi connectivity index (χ1n) is 4.89. The smallest absolute Gasteiger partial charge is 0.210 e. The van der Waals surface area contributed by atoms with Gasteiger partial charge in [0.15, 0.2) is 4.96 Å². The number of hydrogen-bond donors (Lipinski definition) is 0. The van der Waals surface area contributed by atoms with E-state index in [1.807, 2.05) is 22.9 Å². The van der Waals surface area contributed by atoms with E-state index in [4.69, 9.17) is 17.0 Å². The highest BCUT2D eigenvalue weighted by Gasteiger charge is 2.16. The van der Waals surface area contributed by atoms with Crippen LogP contribution >= 0.6 is 23.6 Å². The molecule has 0 aliphatic rings. The van der Waals surface area contributed by atoms with Crippen molar-refractivity contribution in [3.63, 3.8) is 0 Å². The van der Waals surface area contributed by atoms with E-state index in [1.54, 1.807) is 11.3 Å². The number of ether oxygens (including phenoxy) is 1. The second-order valence-electron chi connectivity index (χ2n) is 3.04. The molecule has 0 unspecified atom stereocenters. The maximum Gasteiger partial charge on any atom is 0.210 e. The second kappa shape index (κ2) is 4.28. The Morgan fingerprint density at radius 3 is 3.07 bits per heavy atom. The average Bonchev–Trinajstić information content (AvgIpc) is 2.75. The monoisotopic (exact) mass is 240 g/mol. The molecule has 0 atom stereocenters. The highest BCUT2D eigenvalue weighted by atomic mass is 32.1. The average molecular weight is 240 g/mol. The molecule has 0 spiro atoms. The first kappa shape index (κ1) is 10.6. The van der Waals surface area contributed by atoms with E-state index in [2.05, 4.69) is 11.9 Å². The molecule has 2 heterocycles. The van der Waals surface area contributed by atoms with Crippen LogP contribution in [0, 0.1) is 0 Å². The van der Waals surface area contributed by atoms with E-state index in [0.717, 1.165) is 22.8 Å². The van der Waals surface area contributed by atoms with Crippen LogP contribution in [0.15, 0.2) is 11.6 Å². The van der Waals surface area contributed by atoms with Gasteiger partial charge < -0.3 is 4.74 Å². The molecule has 0 aliphatic carbocycles. The minimum atomic E-state index is 0.542. The molecule has 0 saturated carbocycles. The quantitative estimate of drug-likeness (QED) is 0.772. The fourth-order valence-corrected chi connectivity index (χ4v) is 2.56. The third-order valence-corrected chi connectivity index (χ3v) is 3.21. The Morgan fingerprint density at radius 2 is 2.40 bits per heavy atom. The lowest BCUT2D eigenvalue weighted by Gasteiger charge is -2.05. The van der Waals surface area contributed by atoms with Gasteiger partial charge in [0.1, 0.15) is 5.69 Å². The standard InChI is InChI=1S/C10H12N2OS2/c1-3-7-8(9(14)13-4-2)12-5-6-15-10(12)11-7/h5-6H,3-4H2,1-2H3. The molecule has 0 bridgehead atoms. The maximum absolute atomic E-state index is 5.38. The molecular formula is C10H12N2OS2. The number of aryl methyl sites for hydroxylation is 1. The molecule has 3 nitrogen and oxygen atoms in total. The van der Waals surface area contributed by atoms with Crippen LogP contribution in [0.2, 0.25) is 0 Å². The minimum absolute atomic E-state index is 0.542. The number of fused-ring (bicyclic) bond motifs is 1. The minimum Gasteiger partial charge on any atom is -0.482 e. The third kappa shape index (κ3) is 1.77. The largest absolute Gasteiger partial charge is 0.482 e. The predicted molar refractivity (Wildman–Crippen MR) is 65.8 cm³/mol. The zero-order valence-corrected chi connectivity index (χ0v) is 10.3. The summed E-state index contributed by atoms with van der Waals surface area (Å²) in [6, 6.07) is 0. The van der Waals surface area contributed by atoms with Gasteiger partial charge in [-0.15, -0.1) is 11.3 Å². The molecule has 2 aromatic heterocycles. The van der Waals surface area contributed by atoms with Crippen molar-refractivity contribution < 1.29 is 4.74 Å². The molecule has 0 aromatic carbocycles. The first-order chi connectivity index (χ1) is 7.27. The Kier molecular flexibility index (Phi) is 3.02.